The van der Waals surface area contributed by atoms with Crippen LogP contribution < -0.4 is 0 Å². The molecule has 2 unspecified atom stereocenters. The highest BCUT2D eigenvalue weighted by Gasteiger charge is 2.30. The Bertz CT molecular complexity index is 1860. The van der Waals surface area contributed by atoms with Crippen LogP contribution in [0, 0.1) is 11.8 Å². The molecule has 5 atom stereocenters. The Hall–Kier alpha value is -1.94. The number of phosphoric ester groups is 2. The lowest BCUT2D eigenvalue weighted by Crippen LogP contribution is -2.30. The molecule has 0 saturated carbocycles. The fraction of sp³-hybridized carbons (Fsp3) is 0.948. The Morgan fingerprint density at radius 2 is 0.479 bits per heavy atom. The van der Waals surface area contributed by atoms with Crippen LogP contribution in [-0.4, -0.2) is 96.7 Å². The highest BCUT2D eigenvalue weighted by Crippen LogP contribution is 2.45. The molecule has 0 aliphatic carbocycles. The summed E-state index contributed by atoms with van der Waals surface area (Å²) in [6, 6.07) is 0. The third-order valence-electron chi connectivity index (χ3n) is 18.0. The third kappa shape index (κ3) is 70.5. The van der Waals surface area contributed by atoms with Crippen molar-refractivity contribution in [1.82, 2.24) is 0 Å². The minimum absolute atomic E-state index is 0.107. The van der Waals surface area contributed by atoms with E-state index < -0.39 is 97.5 Å². The minimum atomic E-state index is -4.96. The molecule has 570 valence electrons. The zero-order valence-electron chi connectivity index (χ0n) is 62.7. The Morgan fingerprint density at radius 3 is 0.708 bits per heavy atom. The molecule has 0 aliphatic heterocycles. The van der Waals surface area contributed by atoms with Crippen LogP contribution in [-0.2, 0) is 65.4 Å². The highest BCUT2D eigenvalue weighted by atomic mass is 31.2. The van der Waals surface area contributed by atoms with Crippen molar-refractivity contribution in [3.63, 3.8) is 0 Å². The van der Waals surface area contributed by atoms with Gasteiger partial charge in [0.05, 0.1) is 26.4 Å². The molecule has 0 amide bonds. The van der Waals surface area contributed by atoms with Crippen LogP contribution in [0.15, 0.2) is 0 Å². The summed E-state index contributed by atoms with van der Waals surface area (Å²) in [6.45, 7) is 9.57. The maximum Gasteiger partial charge on any atom is 0.472 e. The molecule has 0 saturated heterocycles. The van der Waals surface area contributed by atoms with Gasteiger partial charge in [-0.25, -0.2) is 9.13 Å². The summed E-state index contributed by atoms with van der Waals surface area (Å²) < 4.78 is 68.6. The molecule has 0 fully saturated rings. The van der Waals surface area contributed by atoms with E-state index in [0.717, 1.165) is 102 Å². The fourth-order valence-corrected chi connectivity index (χ4v) is 13.4. The van der Waals surface area contributed by atoms with E-state index in [4.69, 9.17) is 37.0 Å². The Morgan fingerprint density at radius 1 is 0.281 bits per heavy atom. The van der Waals surface area contributed by atoms with E-state index in [2.05, 4.69) is 41.5 Å². The number of aliphatic hydroxyl groups excluding tert-OH is 1. The lowest BCUT2D eigenvalue weighted by molar-refractivity contribution is -0.161. The topological polar surface area (TPSA) is 237 Å². The van der Waals surface area contributed by atoms with Crippen LogP contribution in [0.2, 0.25) is 0 Å². The zero-order chi connectivity index (χ0) is 70.7. The van der Waals surface area contributed by atoms with Gasteiger partial charge in [0.2, 0.25) is 0 Å². The normalized spacial score (nSPS) is 14.0. The van der Waals surface area contributed by atoms with Gasteiger partial charge in [-0.3, -0.25) is 37.3 Å². The number of esters is 4. The van der Waals surface area contributed by atoms with Gasteiger partial charge < -0.3 is 33.8 Å². The first-order valence-electron chi connectivity index (χ1n) is 40.0. The van der Waals surface area contributed by atoms with Gasteiger partial charge in [-0.1, -0.05) is 350 Å². The van der Waals surface area contributed by atoms with Crippen molar-refractivity contribution >= 4 is 39.5 Å². The van der Waals surface area contributed by atoms with E-state index in [0.29, 0.717) is 25.7 Å². The first kappa shape index (κ1) is 94.1. The molecule has 0 aliphatic rings. The van der Waals surface area contributed by atoms with Crippen molar-refractivity contribution in [2.45, 2.75) is 419 Å². The maximum atomic E-state index is 13.1. The van der Waals surface area contributed by atoms with E-state index in [1.807, 2.05) is 0 Å². The number of carbonyl (C=O) groups excluding carboxylic acids is 4. The molecule has 0 aromatic heterocycles. The summed E-state index contributed by atoms with van der Waals surface area (Å²) in [5.41, 5.74) is 0. The number of hydrogen-bond donors (Lipinski definition) is 3. The van der Waals surface area contributed by atoms with Gasteiger partial charge in [-0.2, -0.15) is 0 Å². The standard InChI is InChI=1S/C77H150O17P2/c1-7-9-11-13-15-17-19-21-22-23-24-25-26-27-31-36-44-50-56-62-77(82)93-72(65-87-74(79)59-53-47-41-34-32-28-29-33-39-45-51-57-69(3)4)67-91-95(83,84)89-63-71(78)64-90-96(85,86)92-68-73(66-88-75(80)60-54-48-42-38-37-40-46-52-58-70(5)6)94-76(81)61-55-49-43-35-30-20-18-16-14-12-10-8-2/h69-73,78H,7-68H2,1-6H3,(H,83,84)(H,85,86)/t71-,72-,73-/m1/s1. The summed E-state index contributed by atoms with van der Waals surface area (Å²) in [7, 11) is -9.91. The van der Waals surface area contributed by atoms with E-state index in [1.54, 1.807) is 0 Å². The molecule has 17 nitrogen and oxygen atoms in total. The monoisotopic (exact) mass is 1410 g/mol. The van der Waals surface area contributed by atoms with Crippen LogP contribution in [0.3, 0.4) is 0 Å². The molecule has 0 radical (unpaired) electrons. The second kappa shape index (κ2) is 68.8. The van der Waals surface area contributed by atoms with E-state index in [9.17, 15) is 43.2 Å². The van der Waals surface area contributed by atoms with Crippen LogP contribution in [0.5, 0.6) is 0 Å². The number of hydrogen-bond acceptors (Lipinski definition) is 15. The molecule has 0 aromatic rings. The molecule has 0 aromatic carbocycles. The number of phosphoric acid groups is 2. The summed E-state index contributed by atoms with van der Waals surface area (Å²) in [5.74, 6) is -0.616. The summed E-state index contributed by atoms with van der Waals surface area (Å²) in [6.07, 6.45) is 56.9. The van der Waals surface area contributed by atoms with Gasteiger partial charge in [0.15, 0.2) is 12.2 Å². The minimum Gasteiger partial charge on any atom is -0.462 e. The Balaban J connectivity index is 5.24. The van der Waals surface area contributed by atoms with E-state index in [1.165, 1.54) is 218 Å². The average molecular weight is 1410 g/mol. The van der Waals surface area contributed by atoms with Gasteiger partial charge >= 0.3 is 39.5 Å². The van der Waals surface area contributed by atoms with Gasteiger partial charge in [-0.05, 0) is 37.5 Å². The van der Waals surface area contributed by atoms with Crippen molar-refractivity contribution in [2.75, 3.05) is 39.6 Å². The molecule has 19 heteroatoms. The number of ether oxygens (including phenoxy) is 4. The highest BCUT2D eigenvalue weighted by molar-refractivity contribution is 7.47. The second-order valence-electron chi connectivity index (χ2n) is 28.7. The van der Waals surface area contributed by atoms with Crippen LogP contribution in [0.4, 0.5) is 0 Å². The van der Waals surface area contributed by atoms with Crippen LogP contribution in [0.25, 0.3) is 0 Å². The lowest BCUT2D eigenvalue weighted by atomic mass is 10.0. The van der Waals surface area contributed by atoms with E-state index >= 15 is 0 Å². The van der Waals surface area contributed by atoms with Crippen LogP contribution in [0.1, 0.15) is 401 Å². The van der Waals surface area contributed by atoms with E-state index in [-0.39, 0.29) is 25.7 Å². The van der Waals surface area contributed by atoms with Gasteiger partial charge in [-0.15, -0.1) is 0 Å². The largest absolute Gasteiger partial charge is 0.472 e. The van der Waals surface area contributed by atoms with Crippen LogP contribution >= 0.6 is 15.6 Å². The molecule has 0 heterocycles. The summed E-state index contributed by atoms with van der Waals surface area (Å²) in [4.78, 5) is 72.8. The van der Waals surface area contributed by atoms with Crippen molar-refractivity contribution in [2.24, 2.45) is 11.8 Å². The number of aliphatic hydroxyl groups is 1. The molecule has 0 spiro atoms. The zero-order valence-corrected chi connectivity index (χ0v) is 64.5. The molecule has 96 heavy (non-hydrogen) atoms. The SMILES string of the molecule is CCCCCCCCCCCCCCCCCCCCCC(=O)O[C@H](COC(=O)CCCCCCCCCCCCCC(C)C)COP(=O)(O)OC[C@@H](O)COP(=O)(O)OC[C@@H](COC(=O)CCCCCCCCCCC(C)C)OC(=O)CCCCCCCCCCCCCC. The van der Waals surface area contributed by atoms with Crippen molar-refractivity contribution < 1.29 is 80.2 Å². The smallest absolute Gasteiger partial charge is 0.462 e. The Kier molecular flexibility index (Phi) is 67.4. The Labute approximate surface area is 588 Å². The van der Waals surface area contributed by atoms with Gasteiger partial charge in [0.1, 0.15) is 19.3 Å². The second-order valence-corrected chi connectivity index (χ2v) is 31.6. The van der Waals surface area contributed by atoms with Crippen molar-refractivity contribution in [1.29, 1.82) is 0 Å². The predicted octanol–water partition coefficient (Wildman–Crippen LogP) is 22.7. The maximum absolute atomic E-state index is 13.1. The number of rotatable bonds is 76. The fourth-order valence-electron chi connectivity index (χ4n) is 11.8. The summed E-state index contributed by atoms with van der Waals surface area (Å²) >= 11 is 0. The molecule has 0 rings (SSSR count). The van der Waals surface area contributed by atoms with Gasteiger partial charge in [0, 0.05) is 25.7 Å². The predicted molar refractivity (Wildman–Crippen MR) is 391 cm³/mol. The van der Waals surface area contributed by atoms with Crippen molar-refractivity contribution in [3.05, 3.63) is 0 Å². The third-order valence-corrected chi connectivity index (χ3v) is 19.9. The molecular formula is C77H150O17P2. The summed E-state index contributed by atoms with van der Waals surface area (Å²) in [5, 5.41) is 10.6. The molecule has 0 bridgehead atoms. The van der Waals surface area contributed by atoms with Crippen molar-refractivity contribution in [3.8, 4) is 0 Å². The molecule has 3 N–H and O–H groups in total. The first-order chi connectivity index (χ1) is 46.4. The average Bonchev–Trinajstić information content (AvgIpc) is 1.27. The van der Waals surface area contributed by atoms with Gasteiger partial charge in [0.25, 0.3) is 0 Å². The lowest BCUT2D eigenvalue weighted by Gasteiger charge is -2.21. The first-order valence-corrected chi connectivity index (χ1v) is 43.0. The number of carbonyl (C=O) groups is 4. The number of unbranched alkanes of at least 4 members (excludes halogenated alkanes) is 46. The molecular weight excluding hydrogens is 1260 g/mol. The quantitative estimate of drug-likeness (QED) is 0.0222.